The number of aliphatic carboxylic acids is 1. The van der Waals surface area contributed by atoms with Crippen LogP contribution in [-0.2, 0) is 14.4 Å². The molecule has 0 saturated carbocycles. The molecule has 1 atom stereocenters. The highest BCUT2D eigenvalue weighted by Crippen LogP contribution is 1.91. The number of rotatable bonds is 7. The van der Waals surface area contributed by atoms with Gasteiger partial charge in [0, 0.05) is 13.0 Å². The summed E-state index contributed by atoms with van der Waals surface area (Å²) in [4.78, 5) is 44.4. The molecule has 0 aromatic heterocycles. The van der Waals surface area contributed by atoms with Crippen LogP contribution in [0.4, 0.5) is 4.79 Å². The van der Waals surface area contributed by atoms with Gasteiger partial charge in [-0.25, -0.2) is 4.79 Å². The van der Waals surface area contributed by atoms with E-state index in [9.17, 15) is 19.2 Å². The van der Waals surface area contributed by atoms with Crippen molar-refractivity contribution >= 4 is 23.8 Å². The zero-order valence-corrected chi connectivity index (χ0v) is 11.9. The van der Waals surface area contributed by atoms with Crippen molar-refractivity contribution in [2.75, 3.05) is 6.54 Å². The zero-order chi connectivity index (χ0) is 15.7. The van der Waals surface area contributed by atoms with Gasteiger partial charge in [-0.2, -0.15) is 0 Å². The van der Waals surface area contributed by atoms with Gasteiger partial charge in [-0.1, -0.05) is 13.8 Å². The highest BCUT2D eigenvalue weighted by molar-refractivity contribution is 5.97. The zero-order valence-electron chi connectivity index (χ0n) is 11.9. The number of hydrogen-bond donors (Lipinski definition) is 4. The lowest BCUT2D eigenvalue weighted by molar-refractivity contribution is -0.138. The van der Waals surface area contributed by atoms with Crippen molar-refractivity contribution in [2.24, 2.45) is 5.92 Å². The number of nitrogens with one attached hydrogen (secondary N) is 3. The van der Waals surface area contributed by atoms with Crippen LogP contribution in [0.25, 0.3) is 0 Å². The molecule has 20 heavy (non-hydrogen) atoms. The van der Waals surface area contributed by atoms with Crippen molar-refractivity contribution < 1.29 is 24.3 Å². The van der Waals surface area contributed by atoms with Crippen LogP contribution in [0.3, 0.4) is 0 Å². The topological polar surface area (TPSA) is 125 Å². The van der Waals surface area contributed by atoms with Crippen LogP contribution in [0.5, 0.6) is 0 Å². The van der Waals surface area contributed by atoms with E-state index in [2.05, 4.69) is 10.6 Å². The van der Waals surface area contributed by atoms with Gasteiger partial charge < -0.3 is 15.7 Å². The van der Waals surface area contributed by atoms with E-state index in [1.807, 2.05) is 19.2 Å². The first-order valence-electron chi connectivity index (χ1n) is 6.32. The standard InChI is InChI=1S/C12H21N3O5/c1-7(2)6-13-11(19)8(3)14-12(20)15-9(16)4-5-10(17)18/h7-8H,4-6H2,1-3H3,(H,13,19)(H,17,18)(H2,14,15,16,20). The fourth-order valence-electron chi connectivity index (χ4n) is 1.17. The van der Waals surface area contributed by atoms with Gasteiger partial charge in [0.25, 0.3) is 0 Å². The fourth-order valence-corrected chi connectivity index (χ4v) is 1.17. The molecular formula is C12H21N3O5. The molecule has 4 N–H and O–H groups in total. The average molecular weight is 287 g/mol. The van der Waals surface area contributed by atoms with Crippen LogP contribution >= 0.6 is 0 Å². The number of carboxylic acids is 1. The van der Waals surface area contributed by atoms with Gasteiger partial charge in [-0.3, -0.25) is 19.7 Å². The molecule has 0 fully saturated rings. The van der Waals surface area contributed by atoms with Crippen molar-refractivity contribution in [3.8, 4) is 0 Å². The maximum absolute atomic E-state index is 11.6. The quantitative estimate of drug-likeness (QED) is 0.518. The largest absolute Gasteiger partial charge is 0.481 e. The molecule has 0 radical (unpaired) electrons. The third-order valence-electron chi connectivity index (χ3n) is 2.24. The molecule has 0 aliphatic heterocycles. The lowest BCUT2D eigenvalue weighted by Gasteiger charge is -2.15. The highest BCUT2D eigenvalue weighted by Gasteiger charge is 2.17. The third kappa shape index (κ3) is 8.90. The number of imide groups is 1. The van der Waals surface area contributed by atoms with Crippen molar-refractivity contribution in [1.29, 1.82) is 0 Å². The molecule has 0 saturated heterocycles. The van der Waals surface area contributed by atoms with Gasteiger partial charge in [0.2, 0.25) is 11.8 Å². The van der Waals surface area contributed by atoms with Crippen molar-refractivity contribution in [3.63, 3.8) is 0 Å². The average Bonchev–Trinajstić information content (AvgIpc) is 2.32. The summed E-state index contributed by atoms with van der Waals surface area (Å²) in [6, 6.07) is -1.62. The Labute approximate surface area is 117 Å². The number of urea groups is 1. The maximum Gasteiger partial charge on any atom is 0.322 e. The minimum absolute atomic E-state index is 0.289. The van der Waals surface area contributed by atoms with Crippen LogP contribution in [0.2, 0.25) is 0 Å². The SMILES string of the molecule is CC(C)CNC(=O)C(C)NC(=O)NC(=O)CCC(=O)O. The number of carbonyl (C=O) groups is 4. The van der Waals surface area contributed by atoms with Crippen LogP contribution in [0.1, 0.15) is 33.6 Å². The van der Waals surface area contributed by atoms with Crippen LogP contribution in [-0.4, -0.2) is 41.5 Å². The summed E-state index contributed by atoms with van der Waals surface area (Å²) in [5.74, 6) is -1.90. The third-order valence-corrected chi connectivity index (χ3v) is 2.24. The summed E-state index contributed by atoms with van der Waals surface area (Å²) >= 11 is 0. The minimum atomic E-state index is -1.12. The summed E-state index contributed by atoms with van der Waals surface area (Å²) < 4.78 is 0. The molecule has 0 aromatic carbocycles. The lowest BCUT2D eigenvalue weighted by atomic mass is 10.2. The summed E-state index contributed by atoms with van der Waals surface area (Å²) in [5.41, 5.74) is 0. The molecular weight excluding hydrogens is 266 g/mol. The first kappa shape index (κ1) is 17.9. The Bertz CT molecular complexity index is 381. The Kier molecular flexibility index (Phi) is 7.95. The van der Waals surface area contributed by atoms with E-state index in [0.717, 1.165) is 0 Å². The molecule has 0 spiro atoms. The molecule has 1 unspecified atom stereocenters. The van der Waals surface area contributed by atoms with Crippen molar-refractivity contribution in [1.82, 2.24) is 16.0 Å². The van der Waals surface area contributed by atoms with E-state index >= 15 is 0 Å². The predicted molar refractivity (Wildman–Crippen MR) is 70.9 cm³/mol. The van der Waals surface area contributed by atoms with E-state index in [-0.39, 0.29) is 24.7 Å². The van der Waals surface area contributed by atoms with Crippen molar-refractivity contribution in [3.05, 3.63) is 0 Å². The van der Waals surface area contributed by atoms with Gasteiger partial charge in [-0.05, 0) is 12.8 Å². The minimum Gasteiger partial charge on any atom is -0.481 e. The van der Waals surface area contributed by atoms with E-state index in [1.54, 1.807) is 0 Å². The monoisotopic (exact) mass is 287 g/mol. The Morgan fingerprint density at radius 2 is 1.65 bits per heavy atom. The molecule has 0 bridgehead atoms. The Morgan fingerprint density at radius 1 is 1.05 bits per heavy atom. The molecule has 0 aliphatic rings. The smallest absolute Gasteiger partial charge is 0.322 e. The maximum atomic E-state index is 11.6. The van der Waals surface area contributed by atoms with E-state index in [0.29, 0.717) is 6.54 Å². The second kappa shape index (κ2) is 8.89. The van der Waals surface area contributed by atoms with Gasteiger partial charge >= 0.3 is 12.0 Å². The number of hydrogen-bond acceptors (Lipinski definition) is 4. The van der Waals surface area contributed by atoms with E-state index in [1.165, 1.54) is 6.92 Å². The number of amides is 4. The van der Waals surface area contributed by atoms with Gasteiger partial charge in [0.05, 0.1) is 6.42 Å². The first-order chi connectivity index (χ1) is 9.22. The van der Waals surface area contributed by atoms with Gasteiger partial charge in [0.1, 0.15) is 6.04 Å². The molecule has 8 nitrogen and oxygen atoms in total. The van der Waals surface area contributed by atoms with Gasteiger partial charge in [0.15, 0.2) is 0 Å². The molecule has 0 rings (SSSR count). The second-order valence-corrected chi connectivity index (χ2v) is 4.78. The lowest BCUT2D eigenvalue weighted by Crippen LogP contribution is -2.50. The van der Waals surface area contributed by atoms with Crippen LogP contribution in [0, 0.1) is 5.92 Å². The van der Waals surface area contributed by atoms with Crippen LogP contribution < -0.4 is 16.0 Å². The summed E-state index contributed by atoms with van der Waals surface area (Å²) in [6.07, 6.45) is -0.653. The first-order valence-corrected chi connectivity index (χ1v) is 6.32. The summed E-state index contributed by atoms with van der Waals surface area (Å²) in [6.45, 7) is 5.85. The van der Waals surface area contributed by atoms with E-state index < -0.39 is 23.9 Å². The molecule has 8 heteroatoms. The molecule has 0 aromatic rings. The number of carboxylic acid groups (broad SMARTS) is 1. The normalized spacial score (nSPS) is 11.6. The molecule has 114 valence electrons. The summed E-state index contributed by atoms with van der Waals surface area (Å²) in [5, 5.41) is 15.3. The Hall–Kier alpha value is -2.12. The van der Waals surface area contributed by atoms with Crippen LogP contribution in [0.15, 0.2) is 0 Å². The Balaban J connectivity index is 4.03. The van der Waals surface area contributed by atoms with Crippen molar-refractivity contribution in [2.45, 2.75) is 39.7 Å². The molecule has 4 amide bonds. The summed E-state index contributed by atoms with van der Waals surface area (Å²) in [7, 11) is 0. The predicted octanol–water partition coefficient (Wildman–Crippen LogP) is -0.162. The fraction of sp³-hybridized carbons (Fsp3) is 0.667. The van der Waals surface area contributed by atoms with Gasteiger partial charge in [-0.15, -0.1) is 0 Å². The molecule has 0 aliphatic carbocycles. The van der Waals surface area contributed by atoms with E-state index in [4.69, 9.17) is 5.11 Å². The molecule has 0 heterocycles. The number of carbonyl (C=O) groups excluding carboxylic acids is 3. The second-order valence-electron chi connectivity index (χ2n) is 4.78. The highest BCUT2D eigenvalue weighted by atomic mass is 16.4. The Morgan fingerprint density at radius 3 is 2.15 bits per heavy atom.